The Bertz CT molecular complexity index is 799. The van der Waals surface area contributed by atoms with Gasteiger partial charge in [0.15, 0.2) is 5.13 Å². The van der Waals surface area contributed by atoms with E-state index in [0.717, 1.165) is 41.0 Å². The molecule has 1 aliphatic carbocycles. The van der Waals surface area contributed by atoms with Crippen LogP contribution < -0.4 is 10.0 Å². The molecular weight excluding hydrogens is 366 g/mol. The minimum Gasteiger partial charge on any atom is -0.359 e. The number of hydrogen-bond acceptors (Lipinski definition) is 5. The third-order valence-corrected chi connectivity index (χ3v) is 7.07. The fourth-order valence-corrected chi connectivity index (χ4v) is 4.78. The molecule has 5 nitrogen and oxygen atoms in total. The van der Waals surface area contributed by atoms with Crippen molar-refractivity contribution < 1.29 is 8.42 Å². The zero-order valence-corrected chi connectivity index (χ0v) is 16.0. The van der Waals surface area contributed by atoms with E-state index in [-0.39, 0.29) is 5.75 Å². The Kier molecular flexibility index (Phi) is 5.64. The van der Waals surface area contributed by atoms with Crippen LogP contribution in [-0.4, -0.2) is 31.7 Å². The summed E-state index contributed by atoms with van der Waals surface area (Å²) in [5.74, 6) is 0.574. The van der Waals surface area contributed by atoms with Crippen molar-refractivity contribution in [2.75, 3.05) is 17.6 Å². The smallest absolute Gasteiger partial charge is 0.211 e. The lowest BCUT2D eigenvalue weighted by molar-refractivity contribution is 0.337. The van der Waals surface area contributed by atoms with E-state index < -0.39 is 10.0 Å². The second kappa shape index (κ2) is 7.56. The van der Waals surface area contributed by atoms with Crippen molar-refractivity contribution >= 4 is 48.3 Å². The maximum atomic E-state index is 11.5. The molecule has 0 amide bonds. The van der Waals surface area contributed by atoms with Crippen molar-refractivity contribution in [1.29, 1.82) is 0 Å². The largest absolute Gasteiger partial charge is 0.359 e. The molecular formula is C16H22ClN3O2S2. The SMILES string of the molecule is CCS(=O)(=O)NCC1CCC(Nc2nc3cc(Cl)ccc3s2)CC1. The molecule has 0 aliphatic heterocycles. The number of nitrogens with one attached hydrogen (secondary N) is 2. The molecule has 0 saturated heterocycles. The van der Waals surface area contributed by atoms with Gasteiger partial charge in [0, 0.05) is 17.6 Å². The monoisotopic (exact) mass is 387 g/mol. The van der Waals surface area contributed by atoms with Crippen molar-refractivity contribution in [3.8, 4) is 0 Å². The van der Waals surface area contributed by atoms with E-state index in [1.807, 2.05) is 18.2 Å². The van der Waals surface area contributed by atoms with E-state index in [1.54, 1.807) is 18.3 Å². The van der Waals surface area contributed by atoms with Gasteiger partial charge in [0.05, 0.1) is 16.0 Å². The summed E-state index contributed by atoms with van der Waals surface area (Å²) >= 11 is 7.65. The van der Waals surface area contributed by atoms with Crippen molar-refractivity contribution in [3.63, 3.8) is 0 Å². The molecule has 1 aromatic heterocycles. The first kappa shape index (κ1) is 17.9. The molecule has 2 aromatic rings. The van der Waals surface area contributed by atoms with Gasteiger partial charge in [-0.15, -0.1) is 0 Å². The molecule has 2 N–H and O–H groups in total. The Morgan fingerprint density at radius 2 is 2.04 bits per heavy atom. The minimum absolute atomic E-state index is 0.144. The summed E-state index contributed by atoms with van der Waals surface area (Å²) in [4.78, 5) is 4.60. The molecule has 3 rings (SSSR count). The van der Waals surface area contributed by atoms with Gasteiger partial charge in [-0.25, -0.2) is 18.1 Å². The number of aromatic nitrogens is 1. The maximum Gasteiger partial charge on any atom is 0.211 e. The molecule has 0 unspecified atom stereocenters. The maximum absolute atomic E-state index is 11.5. The van der Waals surface area contributed by atoms with Gasteiger partial charge in [-0.1, -0.05) is 22.9 Å². The summed E-state index contributed by atoms with van der Waals surface area (Å²) in [6.07, 6.45) is 4.13. The van der Waals surface area contributed by atoms with Gasteiger partial charge in [0.1, 0.15) is 0 Å². The first-order chi connectivity index (χ1) is 11.4. The van der Waals surface area contributed by atoms with Gasteiger partial charge in [0.25, 0.3) is 0 Å². The standard InChI is InChI=1S/C16H22ClN3O2S2/c1-2-24(21,22)18-10-11-3-6-13(7-4-11)19-16-20-14-9-12(17)5-8-15(14)23-16/h5,8-9,11,13,18H,2-4,6-7,10H2,1H3,(H,19,20). The van der Waals surface area contributed by atoms with Gasteiger partial charge < -0.3 is 5.32 Å². The summed E-state index contributed by atoms with van der Waals surface area (Å²) in [6.45, 7) is 2.22. The lowest BCUT2D eigenvalue weighted by Gasteiger charge is -2.29. The minimum atomic E-state index is -3.08. The number of rotatable bonds is 6. The van der Waals surface area contributed by atoms with Crippen LogP contribution in [0.25, 0.3) is 10.2 Å². The van der Waals surface area contributed by atoms with Crippen LogP contribution in [0.4, 0.5) is 5.13 Å². The van der Waals surface area contributed by atoms with Gasteiger partial charge >= 0.3 is 0 Å². The molecule has 1 heterocycles. The summed E-state index contributed by atoms with van der Waals surface area (Å²) in [5.41, 5.74) is 0.928. The van der Waals surface area contributed by atoms with E-state index in [2.05, 4.69) is 15.0 Å². The Labute approximate surface area is 151 Å². The zero-order chi connectivity index (χ0) is 17.2. The molecule has 0 spiro atoms. The molecule has 0 bridgehead atoms. The number of benzene rings is 1. The van der Waals surface area contributed by atoms with Crippen LogP contribution >= 0.6 is 22.9 Å². The van der Waals surface area contributed by atoms with Crippen LogP contribution in [0.2, 0.25) is 5.02 Å². The first-order valence-corrected chi connectivity index (χ1v) is 11.1. The molecule has 1 fully saturated rings. The van der Waals surface area contributed by atoms with Crippen LogP contribution in [0.3, 0.4) is 0 Å². The number of fused-ring (bicyclic) bond motifs is 1. The molecule has 1 aliphatic rings. The van der Waals surface area contributed by atoms with Gasteiger partial charge in [-0.05, 0) is 56.7 Å². The predicted octanol–water partition coefficient (Wildman–Crippen LogP) is 3.86. The van der Waals surface area contributed by atoms with Crippen LogP contribution in [0.15, 0.2) is 18.2 Å². The lowest BCUT2D eigenvalue weighted by Crippen LogP contribution is -2.34. The average molecular weight is 388 g/mol. The summed E-state index contributed by atoms with van der Waals surface area (Å²) in [5, 5.41) is 5.16. The summed E-state index contributed by atoms with van der Waals surface area (Å²) in [6, 6.07) is 6.17. The number of nitrogens with zero attached hydrogens (tertiary/aromatic N) is 1. The first-order valence-electron chi connectivity index (χ1n) is 8.25. The van der Waals surface area contributed by atoms with Gasteiger partial charge in [-0.2, -0.15) is 0 Å². The topological polar surface area (TPSA) is 71.1 Å². The predicted molar refractivity (Wildman–Crippen MR) is 101 cm³/mol. The van der Waals surface area contributed by atoms with E-state index >= 15 is 0 Å². The second-order valence-corrected chi connectivity index (χ2v) is 9.81. The fourth-order valence-electron chi connectivity index (χ4n) is 2.99. The molecule has 8 heteroatoms. The van der Waals surface area contributed by atoms with Gasteiger partial charge in [-0.3, -0.25) is 0 Å². The molecule has 1 aromatic carbocycles. The lowest BCUT2D eigenvalue weighted by atomic mass is 9.86. The van der Waals surface area contributed by atoms with E-state index in [1.165, 1.54) is 0 Å². The summed E-state index contributed by atoms with van der Waals surface area (Å²) in [7, 11) is -3.08. The number of anilines is 1. The Hall–Kier alpha value is -0.890. The van der Waals surface area contributed by atoms with E-state index in [0.29, 0.717) is 23.5 Å². The Balaban J connectivity index is 1.51. The van der Waals surface area contributed by atoms with Crippen molar-refractivity contribution in [1.82, 2.24) is 9.71 Å². The normalized spacial score (nSPS) is 21.9. The number of hydrogen-bond donors (Lipinski definition) is 2. The number of sulfonamides is 1. The van der Waals surface area contributed by atoms with Crippen LogP contribution in [0, 0.1) is 5.92 Å². The third kappa shape index (κ3) is 4.59. The van der Waals surface area contributed by atoms with Gasteiger partial charge in [0.2, 0.25) is 10.0 Å². The average Bonchev–Trinajstić information content (AvgIpc) is 2.95. The molecule has 1 saturated carbocycles. The quantitative estimate of drug-likeness (QED) is 0.789. The van der Waals surface area contributed by atoms with E-state index in [9.17, 15) is 8.42 Å². The highest BCUT2D eigenvalue weighted by atomic mass is 35.5. The van der Waals surface area contributed by atoms with Crippen molar-refractivity contribution in [2.45, 2.75) is 38.6 Å². The van der Waals surface area contributed by atoms with Crippen LogP contribution in [-0.2, 0) is 10.0 Å². The molecule has 24 heavy (non-hydrogen) atoms. The Morgan fingerprint density at radius 3 is 2.75 bits per heavy atom. The Morgan fingerprint density at radius 1 is 1.29 bits per heavy atom. The number of halogens is 1. The van der Waals surface area contributed by atoms with Crippen LogP contribution in [0.5, 0.6) is 0 Å². The second-order valence-electron chi connectivity index (χ2n) is 6.24. The zero-order valence-electron chi connectivity index (χ0n) is 13.6. The highest BCUT2D eigenvalue weighted by molar-refractivity contribution is 7.89. The summed E-state index contributed by atoms with van der Waals surface area (Å²) < 4.78 is 26.9. The highest BCUT2D eigenvalue weighted by Crippen LogP contribution is 2.31. The third-order valence-electron chi connectivity index (χ3n) is 4.50. The number of thiazole rings is 1. The van der Waals surface area contributed by atoms with Crippen LogP contribution in [0.1, 0.15) is 32.6 Å². The molecule has 132 valence electrons. The highest BCUT2D eigenvalue weighted by Gasteiger charge is 2.23. The fraction of sp³-hybridized carbons (Fsp3) is 0.562. The van der Waals surface area contributed by atoms with Crippen molar-refractivity contribution in [3.05, 3.63) is 23.2 Å². The molecule has 0 atom stereocenters. The van der Waals surface area contributed by atoms with E-state index in [4.69, 9.17) is 11.6 Å². The molecule has 0 radical (unpaired) electrons. The van der Waals surface area contributed by atoms with Crippen molar-refractivity contribution in [2.24, 2.45) is 5.92 Å².